The second kappa shape index (κ2) is 8.62. The van der Waals surface area contributed by atoms with Crippen LogP contribution in [0.1, 0.15) is 62.0 Å². The van der Waals surface area contributed by atoms with Crippen molar-refractivity contribution in [3.05, 3.63) is 47.5 Å². The number of alkyl halides is 1. The van der Waals surface area contributed by atoms with E-state index in [-0.39, 0.29) is 6.67 Å². The summed E-state index contributed by atoms with van der Waals surface area (Å²) in [5.41, 5.74) is 2.12. The van der Waals surface area contributed by atoms with Gasteiger partial charge in [0.25, 0.3) is 0 Å². The van der Waals surface area contributed by atoms with Gasteiger partial charge in [0.15, 0.2) is 0 Å². The van der Waals surface area contributed by atoms with Gasteiger partial charge in [-0.25, -0.2) is 0 Å². The van der Waals surface area contributed by atoms with Crippen LogP contribution >= 0.6 is 0 Å². The van der Waals surface area contributed by atoms with E-state index in [4.69, 9.17) is 5.26 Å². The third-order valence-corrected chi connectivity index (χ3v) is 4.50. The van der Waals surface area contributed by atoms with E-state index < -0.39 is 0 Å². The third kappa shape index (κ3) is 5.01. The van der Waals surface area contributed by atoms with Gasteiger partial charge >= 0.3 is 0 Å². The molecule has 21 heavy (non-hydrogen) atoms. The molecule has 1 nitrogen and oxygen atoms in total. The molecule has 0 spiro atoms. The highest BCUT2D eigenvalue weighted by Gasteiger charge is 2.21. The zero-order valence-corrected chi connectivity index (χ0v) is 12.6. The van der Waals surface area contributed by atoms with Gasteiger partial charge in [0, 0.05) is 0 Å². The van der Waals surface area contributed by atoms with Gasteiger partial charge in [-0.1, -0.05) is 24.3 Å². The van der Waals surface area contributed by atoms with Crippen molar-refractivity contribution in [2.24, 2.45) is 5.92 Å². The molecule has 0 bridgehead atoms. The molecular formula is C19H24FN. The Balaban J connectivity index is 1.75. The Kier molecular flexibility index (Phi) is 6.47. The number of rotatable bonds is 6. The molecular weight excluding hydrogens is 261 g/mol. The Labute approximate surface area is 127 Å². The predicted octanol–water partition coefficient (Wildman–Crippen LogP) is 5.53. The molecule has 0 aromatic heterocycles. The van der Waals surface area contributed by atoms with Gasteiger partial charge in [0.1, 0.15) is 0 Å². The highest BCUT2D eigenvalue weighted by molar-refractivity contribution is 5.33. The van der Waals surface area contributed by atoms with Crippen molar-refractivity contribution in [1.29, 1.82) is 5.26 Å². The molecule has 112 valence electrons. The minimum atomic E-state index is -0.208. The number of hydrogen-bond acceptors (Lipinski definition) is 1. The molecule has 0 radical (unpaired) electrons. The van der Waals surface area contributed by atoms with Crippen molar-refractivity contribution in [3.63, 3.8) is 0 Å². The molecule has 0 amide bonds. The maximum atomic E-state index is 12.0. The van der Waals surface area contributed by atoms with Gasteiger partial charge < -0.3 is 0 Å². The van der Waals surface area contributed by atoms with Gasteiger partial charge in [0.05, 0.1) is 18.3 Å². The van der Waals surface area contributed by atoms with E-state index in [1.54, 1.807) is 0 Å². The van der Waals surface area contributed by atoms with Crippen LogP contribution in [0.25, 0.3) is 0 Å². The molecule has 1 aliphatic carbocycles. The molecule has 1 fully saturated rings. The van der Waals surface area contributed by atoms with E-state index in [1.165, 1.54) is 31.2 Å². The summed E-state index contributed by atoms with van der Waals surface area (Å²) in [7, 11) is 0. The lowest BCUT2D eigenvalue weighted by Crippen LogP contribution is -2.12. The summed E-state index contributed by atoms with van der Waals surface area (Å²) in [5.74, 6) is 1.45. The summed E-state index contributed by atoms with van der Waals surface area (Å²) < 4.78 is 12.0. The fourth-order valence-electron chi connectivity index (χ4n) is 3.16. The molecule has 0 atom stereocenters. The van der Waals surface area contributed by atoms with Crippen LogP contribution in [0, 0.1) is 17.2 Å². The first-order valence-electron chi connectivity index (χ1n) is 8.04. The Bertz CT molecular complexity index is 475. The van der Waals surface area contributed by atoms with Crippen LogP contribution in [-0.2, 0) is 0 Å². The van der Waals surface area contributed by atoms with Gasteiger partial charge in [-0.05, 0) is 74.5 Å². The molecule has 0 saturated heterocycles. The summed E-state index contributed by atoms with van der Waals surface area (Å²) >= 11 is 0. The molecule has 0 aliphatic heterocycles. The maximum Gasteiger partial charge on any atom is 0.0991 e. The maximum absolute atomic E-state index is 12.0. The lowest BCUT2D eigenvalue weighted by molar-refractivity contribution is 0.328. The van der Waals surface area contributed by atoms with E-state index in [9.17, 15) is 4.39 Å². The summed E-state index contributed by atoms with van der Waals surface area (Å²) in [6.07, 6.45) is 12.1. The summed E-state index contributed by atoms with van der Waals surface area (Å²) in [6, 6.07) is 10.2. The van der Waals surface area contributed by atoms with Crippen molar-refractivity contribution in [1.82, 2.24) is 0 Å². The number of allylic oxidation sites excluding steroid dienone is 2. The second-order valence-corrected chi connectivity index (χ2v) is 5.99. The fraction of sp³-hybridized carbons (Fsp3) is 0.526. The first-order valence-corrected chi connectivity index (χ1v) is 8.04. The average molecular weight is 285 g/mol. The monoisotopic (exact) mass is 285 g/mol. The van der Waals surface area contributed by atoms with Crippen LogP contribution in [0.15, 0.2) is 36.4 Å². The first kappa shape index (κ1) is 15.8. The number of nitrogens with zero attached hydrogens (tertiary/aromatic N) is 1. The van der Waals surface area contributed by atoms with Crippen molar-refractivity contribution >= 4 is 0 Å². The number of benzene rings is 1. The second-order valence-electron chi connectivity index (χ2n) is 5.99. The van der Waals surface area contributed by atoms with Crippen LogP contribution in [0.4, 0.5) is 4.39 Å². The van der Waals surface area contributed by atoms with Gasteiger partial charge in [0.2, 0.25) is 0 Å². The predicted molar refractivity (Wildman–Crippen MR) is 84.8 cm³/mol. The van der Waals surface area contributed by atoms with E-state index in [1.807, 2.05) is 12.1 Å². The number of unbranched alkanes of at least 4 members (excludes halogenated alkanes) is 1. The normalized spacial score (nSPS) is 22.3. The van der Waals surface area contributed by atoms with Crippen molar-refractivity contribution in [3.8, 4) is 6.07 Å². The van der Waals surface area contributed by atoms with Crippen LogP contribution in [0.5, 0.6) is 0 Å². The average Bonchev–Trinajstić information content (AvgIpc) is 2.55. The van der Waals surface area contributed by atoms with Crippen LogP contribution in [-0.4, -0.2) is 6.67 Å². The topological polar surface area (TPSA) is 23.8 Å². The zero-order chi connectivity index (χ0) is 14.9. The smallest absolute Gasteiger partial charge is 0.0991 e. The quantitative estimate of drug-likeness (QED) is 0.498. The highest BCUT2D eigenvalue weighted by atomic mass is 19.1. The lowest BCUT2D eigenvalue weighted by Gasteiger charge is -2.28. The number of nitriles is 1. The SMILES string of the molecule is N#Cc1ccc([C@H]2CC[C@H](CC=CCCCF)CC2)cc1. The van der Waals surface area contributed by atoms with Crippen LogP contribution in [0.2, 0.25) is 0 Å². The lowest BCUT2D eigenvalue weighted by atomic mass is 9.77. The Morgan fingerprint density at radius 1 is 1.10 bits per heavy atom. The number of halogens is 1. The van der Waals surface area contributed by atoms with Crippen LogP contribution < -0.4 is 0 Å². The van der Waals surface area contributed by atoms with E-state index >= 15 is 0 Å². The van der Waals surface area contributed by atoms with Crippen molar-refractivity contribution in [2.75, 3.05) is 6.67 Å². The molecule has 1 aromatic rings. The molecule has 0 N–H and O–H groups in total. The molecule has 1 aliphatic rings. The van der Waals surface area contributed by atoms with Gasteiger partial charge in [-0.3, -0.25) is 4.39 Å². The summed E-state index contributed by atoms with van der Waals surface area (Å²) in [5, 5.41) is 8.83. The summed E-state index contributed by atoms with van der Waals surface area (Å²) in [4.78, 5) is 0. The zero-order valence-electron chi connectivity index (χ0n) is 12.6. The van der Waals surface area contributed by atoms with Crippen LogP contribution in [0.3, 0.4) is 0 Å². The molecule has 0 heterocycles. The van der Waals surface area contributed by atoms with Gasteiger partial charge in [-0.2, -0.15) is 5.26 Å². The minimum Gasteiger partial charge on any atom is -0.251 e. The molecule has 1 saturated carbocycles. The largest absolute Gasteiger partial charge is 0.251 e. The first-order chi connectivity index (χ1) is 10.3. The molecule has 1 aromatic carbocycles. The van der Waals surface area contributed by atoms with Crippen molar-refractivity contribution in [2.45, 2.75) is 50.9 Å². The standard InChI is InChI=1S/C19H24FN/c20-14-4-2-1-3-5-16-6-10-18(11-7-16)19-12-8-17(15-21)9-13-19/h1,3,8-9,12-13,16,18H,2,4-7,10-11,14H2/t16-,18-. The fourth-order valence-corrected chi connectivity index (χ4v) is 3.16. The Morgan fingerprint density at radius 2 is 1.81 bits per heavy atom. The van der Waals surface area contributed by atoms with E-state index in [0.717, 1.165) is 24.3 Å². The Morgan fingerprint density at radius 3 is 2.43 bits per heavy atom. The molecule has 2 heteroatoms. The summed E-state index contributed by atoms with van der Waals surface area (Å²) in [6.45, 7) is -0.208. The van der Waals surface area contributed by atoms with Gasteiger partial charge in [-0.15, -0.1) is 0 Å². The highest BCUT2D eigenvalue weighted by Crippen LogP contribution is 2.37. The molecule has 0 unspecified atom stereocenters. The van der Waals surface area contributed by atoms with E-state index in [0.29, 0.717) is 12.3 Å². The minimum absolute atomic E-state index is 0.208. The Hall–Kier alpha value is -1.62. The third-order valence-electron chi connectivity index (χ3n) is 4.50. The molecule has 2 rings (SSSR count). The van der Waals surface area contributed by atoms with Crippen molar-refractivity contribution < 1.29 is 4.39 Å². The van der Waals surface area contributed by atoms with E-state index in [2.05, 4.69) is 30.4 Å². The number of hydrogen-bond donors (Lipinski definition) is 0.